The van der Waals surface area contributed by atoms with Crippen LogP contribution < -0.4 is 4.90 Å². The normalized spacial score (nSPS) is 13.9. The molecule has 1 aliphatic heterocycles. The molecular weight excluding hydrogens is 259 g/mol. The summed E-state index contributed by atoms with van der Waals surface area (Å²) in [4.78, 5) is 16.9. The number of carboxylic acids is 1. The van der Waals surface area contributed by atoms with Gasteiger partial charge in [0.05, 0.1) is 0 Å². The summed E-state index contributed by atoms with van der Waals surface area (Å²) < 4.78 is 13.3. The number of hydrogen-bond donors (Lipinski definition) is 1. The molecule has 0 amide bonds. The third-order valence-electron chi connectivity index (χ3n) is 3.49. The maximum atomic E-state index is 13.3. The van der Waals surface area contributed by atoms with E-state index in [1.54, 1.807) is 18.3 Å². The van der Waals surface area contributed by atoms with Crippen LogP contribution in [0.15, 0.2) is 36.5 Å². The van der Waals surface area contributed by atoms with Crippen molar-refractivity contribution < 1.29 is 14.3 Å². The summed E-state index contributed by atoms with van der Waals surface area (Å²) in [5, 5.41) is 8.93. The molecule has 0 aliphatic carbocycles. The van der Waals surface area contributed by atoms with Crippen molar-refractivity contribution in [1.82, 2.24) is 4.98 Å². The van der Waals surface area contributed by atoms with E-state index in [0.717, 1.165) is 29.8 Å². The van der Waals surface area contributed by atoms with E-state index in [4.69, 9.17) is 5.11 Å². The van der Waals surface area contributed by atoms with Crippen LogP contribution in [0.3, 0.4) is 0 Å². The van der Waals surface area contributed by atoms with Gasteiger partial charge in [0.2, 0.25) is 0 Å². The minimum absolute atomic E-state index is 0.0722. The van der Waals surface area contributed by atoms with Gasteiger partial charge in [0.1, 0.15) is 11.5 Å². The lowest BCUT2D eigenvalue weighted by Crippen LogP contribution is -2.30. The Morgan fingerprint density at radius 2 is 2.15 bits per heavy atom. The highest BCUT2D eigenvalue weighted by Crippen LogP contribution is 2.24. The highest BCUT2D eigenvalue weighted by Gasteiger charge is 2.19. The van der Waals surface area contributed by atoms with Crippen LogP contribution in [0.5, 0.6) is 0 Å². The van der Waals surface area contributed by atoms with E-state index in [9.17, 15) is 9.18 Å². The number of aromatic nitrogens is 1. The number of nitrogens with zero attached hydrogens (tertiary/aromatic N) is 2. The van der Waals surface area contributed by atoms with Gasteiger partial charge in [-0.1, -0.05) is 6.07 Å². The van der Waals surface area contributed by atoms with Gasteiger partial charge in [0.15, 0.2) is 0 Å². The van der Waals surface area contributed by atoms with Gasteiger partial charge in [0, 0.05) is 25.0 Å². The van der Waals surface area contributed by atoms with Crippen molar-refractivity contribution in [1.29, 1.82) is 0 Å². The number of anilines is 1. The summed E-state index contributed by atoms with van der Waals surface area (Å²) in [6.07, 6.45) is 2.33. The third kappa shape index (κ3) is 2.34. The molecule has 0 atom stereocenters. The quantitative estimate of drug-likeness (QED) is 0.912. The Bertz CT molecular complexity index is 673. The molecular formula is C15H13FN2O2. The van der Waals surface area contributed by atoms with Crippen LogP contribution in [0.1, 0.15) is 21.6 Å². The summed E-state index contributed by atoms with van der Waals surface area (Å²) >= 11 is 0. The molecule has 0 bridgehead atoms. The molecule has 0 radical (unpaired) electrons. The molecule has 3 rings (SSSR count). The number of rotatable bonds is 2. The van der Waals surface area contributed by atoms with Gasteiger partial charge in [-0.15, -0.1) is 0 Å². The number of benzene rings is 1. The fourth-order valence-corrected chi connectivity index (χ4v) is 2.45. The molecule has 102 valence electrons. The van der Waals surface area contributed by atoms with Crippen molar-refractivity contribution in [2.45, 2.75) is 13.0 Å². The van der Waals surface area contributed by atoms with Crippen molar-refractivity contribution in [3.63, 3.8) is 0 Å². The zero-order chi connectivity index (χ0) is 14.1. The van der Waals surface area contributed by atoms with E-state index in [1.807, 2.05) is 6.07 Å². The highest BCUT2D eigenvalue weighted by molar-refractivity contribution is 5.85. The summed E-state index contributed by atoms with van der Waals surface area (Å²) in [6.45, 7) is 1.35. The standard InChI is InChI=1S/C15H13FN2O2/c16-12-2-1-3-13(7-12)18-5-4-10-6-14(15(19)20)17-8-11(10)9-18/h1-3,6-8H,4-5,9H2,(H,19,20). The summed E-state index contributed by atoms with van der Waals surface area (Å²) in [5.41, 5.74) is 2.90. The average Bonchev–Trinajstić information content (AvgIpc) is 2.46. The first-order valence-electron chi connectivity index (χ1n) is 6.35. The van der Waals surface area contributed by atoms with Gasteiger partial charge in [-0.3, -0.25) is 0 Å². The molecule has 5 heteroatoms. The molecule has 0 unspecified atom stereocenters. The van der Waals surface area contributed by atoms with E-state index < -0.39 is 5.97 Å². The number of pyridine rings is 1. The molecule has 1 aromatic heterocycles. The van der Waals surface area contributed by atoms with Crippen molar-refractivity contribution in [3.8, 4) is 0 Å². The molecule has 4 nitrogen and oxygen atoms in total. The fourth-order valence-electron chi connectivity index (χ4n) is 2.45. The molecule has 2 aromatic rings. The van der Waals surface area contributed by atoms with Crippen LogP contribution >= 0.6 is 0 Å². The maximum absolute atomic E-state index is 13.3. The van der Waals surface area contributed by atoms with Crippen molar-refractivity contribution >= 4 is 11.7 Å². The second-order valence-corrected chi connectivity index (χ2v) is 4.79. The van der Waals surface area contributed by atoms with Gasteiger partial charge in [0.25, 0.3) is 0 Å². The first-order chi connectivity index (χ1) is 9.63. The largest absolute Gasteiger partial charge is 0.477 e. The minimum Gasteiger partial charge on any atom is -0.477 e. The fraction of sp³-hybridized carbons (Fsp3) is 0.200. The van der Waals surface area contributed by atoms with Crippen LogP contribution in [0, 0.1) is 5.82 Å². The molecule has 0 saturated carbocycles. The molecule has 1 N–H and O–H groups in total. The van der Waals surface area contributed by atoms with Crippen molar-refractivity contribution in [2.75, 3.05) is 11.4 Å². The number of fused-ring (bicyclic) bond motifs is 1. The predicted octanol–water partition coefficient (Wildman–Crippen LogP) is 2.48. The second-order valence-electron chi connectivity index (χ2n) is 4.79. The van der Waals surface area contributed by atoms with Gasteiger partial charge in [-0.05, 0) is 41.8 Å². The van der Waals surface area contributed by atoms with Gasteiger partial charge in [-0.25, -0.2) is 14.2 Å². The highest BCUT2D eigenvalue weighted by atomic mass is 19.1. The lowest BCUT2D eigenvalue weighted by atomic mass is 10.0. The number of hydrogen-bond acceptors (Lipinski definition) is 3. The predicted molar refractivity (Wildman–Crippen MR) is 72.4 cm³/mol. The number of carboxylic acid groups (broad SMARTS) is 1. The lowest BCUT2D eigenvalue weighted by Gasteiger charge is -2.30. The average molecular weight is 272 g/mol. The Hall–Kier alpha value is -2.43. The zero-order valence-corrected chi connectivity index (χ0v) is 10.7. The minimum atomic E-state index is -1.01. The Morgan fingerprint density at radius 3 is 2.90 bits per heavy atom. The van der Waals surface area contributed by atoms with Crippen LogP contribution in [-0.2, 0) is 13.0 Å². The molecule has 1 aliphatic rings. The number of carbonyl (C=O) groups is 1. The summed E-state index contributed by atoms with van der Waals surface area (Å²) in [7, 11) is 0. The maximum Gasteiger partial charge on any atom is 0.354 e. The first-order valence-corrected chi connectivity index (χ1v) is 6.35. The summed E-state index contributed by atoms with van der Waals surface area (Å²) in [6, 6.07) is 8.10. The van der Waals surface area contributed by atoms with Crippen LogP contribution in [-0.4, -0.2) is 22.6 Å². The molecule has 2 heterocycles. The summed E-state index contributed by atoms with van der Waals surface area (Å²) in [5.74, 6) is -1.27. The van der Waals surface area contributed by atoms with E-state index >= 15 is 0 Å². The van der Waals surface area contributed by atoms with Crippen molar-refractivity contribution in [3.05, 3.63) is 59.2 Å². The zero-order valence-electron chi connectivity index (χ0n) is 10.7. The van der Waals surface area contributed by atoms with E-state index in [2.05, 4.69) is 9.88 Å². The molecule has 0 spiro atoms. The molecule has 1 aromatic carbocycles. The number of halogens is 1. The Kier molecular flexibility index (Phi) is 3.10. The lowest BCUT2D eigenvalue weighted by molar-refractivity contribution is 0.0690. The smallest absolute Gasteiger partial charge is 0.354 e. The third-order valence-corrected chi connectivity index (χ3v) is 3.49. The Labute approximate surface area is 115 Å². The van der Waals surface area contributed by atoms with E-state index in [-0.39, 0.29) is 11.5 Å². The topological polar surface area (TPSA) is 53.4 Å². The van der Waals surface area contributed by atoms with Crippen LogP contribution in [0.25, 0.3) is 0 Å². The van der Waals surface area contributed by atoms with Gasteiger partial charge < -0.3 is 10.0 Å². The second kappa shape index (κ2) is 4.92. The van der Waals surface area contributed by atoms with Gasteiger partial charge >= 0.3 is 5.97 Å². The Balaban J connectivity index is 1.87. The monoisotopic (exact) mass is 272 g/mol. The first kappa shape index (κ1) is 12.6. The molecule has 0 saturated heterocycles. The van der Waals surface area contributed by atoms with Crippen molar-refractivity contribution in [2.24, 2.45) is 0 Å². The SMILES string of the molecule is O=C(O)c1cc2c(cn1)CN(c1cccc(F)c1)CC2. The molecule has 20 heavy (non-hydrogen) atoms. The van der Waals surface area contributed by atoms with Crippen LogP contribution in [0.4, 0.5) is 10.1 Å². The Morgan fingerprint density at radius 1 is 1.30 bits per heavy atom. The van der Waals surface area contributed by atoms with Crippen LogP contribution in [0.2, 0.25) is 0 Å². The number of aromatic carboxylic acids is 1. The van der Waals surface area contributed by atoms with E-state index in [0.29, 0.717) is 6.54 Å². The van der Waals surface area contributed by atoms with E-state index in [1.165, 1.54) is 12.1 Å². The molecule has 0 fully saturated rings. The van der Waals surface area contributed by atoms with Gasteiger partial charge in [-0.2, -0.15) is 0 Å².